The summed E-state index contributed by atoms with van der Waals surface area (Å²) in [4.78, 5) is 38.9. The fourth-order valence-corrected chi connectivity index (χ4v) is 4.83. The largest absolute Gasteiger partial charge is 0.393 e. The summed E-state index contributed by atoms with van der Waals surface area (Å²) in [6.07, 6.45) is 14.8. The number of hydrogen-bond acceptors (Lipinski definition) is 7. The van der Waals surface area contributed by atoms with Crippen molar-refractivity contribution in [3.8, 4) is 0 Å². The van der Waals surface area contributed by atoms with Crippen LogP contribution in [0.25, 0.3) is 0 Å². The maximum absolute atomic E-state index is 12.2. The molecule has 1 amide bonds. The van der Waals surface area contributed by atoms with Crippen molar-refractivity contribution in [1.82, 2.24) is 5.32 Å². The Kier molecular flexibility index (Phi) is 15.1. The molecule has 39 heavy (non-hydrogen) atoms. The molecule has 4 atom stereocenters. The van der Waals surface area contributed by atoms with Gasteiger partial charge in [0.05, 0.1) is 12.2 Å². The molecule has 0 radical (unpaired) electrons. The van der Waals surface area contributed by atoms with Crippen molar-refractivity contribution < 1.29 is 29.7 Å². The van der Waals surface area contributed by atoms with E-state index < -0.39 is 17.3 Å². The Balaban J connectivity index is 1.65. The normalized spacial score (nSPS) is 21.0. The van der Waals surface area contributed by atoms with Crippen molar-refractivity contribution in [2.75, 3.05) is 0 Å². The van der Waals surface area contributed by atoms with Gasteiger partial charge in [-0.25, -0.2) is 0 Å². The zero-order chi connectivity index (χ0) is 28.5. The number of hydrogen-bond donors (Lipinski definition) is 3. The predicted molar refractivity (Wildman–Crippen MR) is 149 cm³/mol. The van der Waals surface area contributed by atoms with Crippen molar-refractivity contribution in [3.05, 3.63) is 69.8 Å². The molecule has 1 fully saturated rings. The summed E-state index contributed by atoms with van der Waals surface area (Å²) in [7, 11) is 0. The molecule has 0 bridgehead atoms. The van der Waals surface area contributed by atoms with E-state index in [2.05, 4.69) is 17.1 Å². The zero-order valence-electron chi connectivity index (χ0n) is 23.0. The Morgan fingerprint density at radius 3 is 2.46 bits per heavy atom. The van der Waals surface area contributed by atoms with Crippen LogP contribution in [-0.4, -0.2) is 39.2 Å². The van der Waals surface area contributed by atoms with Gasteiger partial charge in [0.25, 0.3) is 5.09 Å². The predicted octanol–water partition coefficient (Wildman–Crippen LogP) is 4.97. The van der Waals surface area contributed by atoms with Gasteiger partial charge >= 0.3 is 0 Å². The second-order valence-corrected chi connectivity index (χ2v) is 10.3. The number of unbranched alkanes of at least 4 members (excludes halogenated alkanes) is 5. The minimum absolute atomic E-state index is 0.0567. The number of aliphatic hydroxyl groups is 2. The van der Waals surface area contributed by atoms with E-state index >= 15 is 0 Å². The van der Waals surface area contributed by atoms with E-state index in [-0.39, 0.29) is 30.1 Å². The summed E-state index contributed by atoms with van der Waals surface area (Å²) in [6, 6.07) is 7.04. The van der Waals surface area contributed by atoms with Gasteiger partial charge < -0.3 is 20.4 Å². The van der Waals surface area contributed by atoms with Gasteiger partial charge in [0.15, 0.2) is 5.78 Å². The first-order valence-electron chi connectivity index (χ1n) is 14.1. The summed E-state index contributed by atoms with van der Waals surface area (Å²) in [6.45, 7) is 2.43. The molecule has 1 aliphatic carbocycles. The number of nitrogens with zero attached hydrogens (tertiary/aromatic N) is 1. The lowest BCUT2D eigenvalue weighted by atomic mass is 9.89. The van der Waals surface area contributed by atoms with Crippen molar-refractivity contribution in [2.24, 2.45) is 11.8 Å². The molecule has 0 unspecified atom stereocenters. The molecule has 2 rings (SSSR count). The number of amides is 1. The standard InChI is InChI=1S/C30H44N2O7/c1-2-3-4-5-8-11-25(33)18-19-27-26(28(34)20-29(27)35)12-9-6-7-10-13-30(36)31-21-23-14-16-24(17-15-23)22-39-32(37)38/h6,9,14-19,26-29,34-35H,2-5,7-8,10-13,20-22H2,1H3,(H,31,36)/b9-6-,19-18+/t26-,27-,28+,29-/m1/s1. The lowest BCUT2D eigenvalue weighted by Gasteiger charge is -2.19. The van der Waals surface area contributed by atoms with E-state index in [0.717, 1.165) is 31.2 Å². The van der Waals surface area contributed by atoms with Crippen LogP contribution in [0.4, 0.5) is 0 Å². The number of ketones is 1. The molecule has 1 aromatic carbocycles. The number of rotatable bonds is 19. The molecular weight excluding hydrogens is 500 g/mol. The summed E-state index contributed by atoms with van der Waals surface area (Å²) >= 11 is 0. The van der Waals surface area contributed by atoms with E-state index in [9.17, 15) is 29.9 Å². The molecule has 9 nitrogen and oxygen atoms in total. The number of carbonyl (C=O) groups is 2. The van der Waals surface area contributed by atoms with Crippen LogP contribution in [0.3, 0.4) is 0 Å². The lowest BCUT2D eigenvalue weighted by Crippen LogP contribution is -2.22. The average Bonchev–Trinajstić information content (AvgIpc) is 3.18. The van der Waals surface area contributed by atoms with Gasteiger partial charge in [-0.2, -0.15) is 0 Å². The summed E-state index contributed by atoms with van der Waals surface area (Å²) < 4.78 is 0. The molecule has 0 saturated heterocycles. The minimum Gasteiger partial charge on any atom is -0.393 e. The highest BCUT2D eigenvalue weighted by Crippen LogP contribution is 2.36. The molecule has 1 aromatic rings. The maximum Gasteiger partial charge on any atom is 0.294 e. The third-order valence-electron chi connectivity index (χ3n) is 7.15. The third kappa shape index (κ3) is 13.0. The van der Waals surface area contributed by atoms with Crippen LogP contribution < -0.4 is 5.32 Å². The molecule has 0 aliphatic heterocycles. The molecule has 0 spiro atoms. The fourth-order valence-electron chi connectivity index (χ4n) is 4.83. The van der Waals surface area contributed by atoms with E-state index in [0.29, 0.717) is 44.2 Å². The Morgan fingerprint density at radius 2 is 1.74 bits per heavy atom. The third-order valence-corrected chi connectivity index (χ3v) is 7.15. The Labute approximate surface area is 231 Å². The molecule has 0 aromatic heterocycles. The fraction of sp³-hybridized carbons (Fsp3) is 0.600. The minimum atomic E-state index is -0.832. The van der Waals surface area contributed by atoms with Crippen LogP contribution in [-0.2, 0) is 27.6 Å². The van der Waals surface area contributed by atoms with Crippen LogP contribution in [0.1, 0.15) is 88.7 Å². The average molecular weight is 545 g/mol. The van der Waals surface area contributed by atoms with Crippen molar-refractivity contribution in [3.63, 3.8) is 0 Å². The van der Waals surface area contributed by atoms with Gasteiger partial charge in [0.2, 0.25) is 5.91 Å². The molecule has 1 saturated carbocycles. The van der Waals surface area contributed by atoms with E-state index in [4.69, 9.17) is 0 Å². The second-order valence-electron chi connectivity index (χ2n) is 10.3. The number of allylic oxidation sites excluding steroid dienone is 3. The first-order valence-corrected chi connectivity index (χ1v) is 14.1. The second kappa shape index (κ2) is 18.3. The van der Waals surface area contributed by atoms with E-state index in [1.807, 2.05) is 12.2 Å². The van der Waals surface area contributed by atoms with Crippen LogP contribution >= 0.6 is 0 Å². The van der Waals surface area contributed by atoms with Gasteiger partial charge in [0, 0.05) is 31.7 Å². The van der Waals surface area contributed by atoms with Crippen LogP contribution in [0.5, 0.6) is 0 Å². The van der Waals surface area contributed by atoms with E-state index in [1.165, 1.54) is 12.8 Å². The Morgan fingerprint density at radius 1 is 1.03 bits per heavy atom. The molecule has 216 valence electrons. The van der Waals surface area contributed by atoms with Gasteiger partial charge in [0.1, 0.15) is 6.61 Å². The van der Waals surface area contributed by atoms with Crippen molar-refractivity contribution in [1.29, 1.82) is 0 Å². The van der Waals surface area contributed by atoms with Gasteiger partial charge in [-0.3, -0.25) is 9.59 Å². The smallest absolute Gasteiger partial charge is 0.294 e. The quantitative estimate of drug-likeness (QED) is 0.0734. The first-order chi connectivity index (χ1) is 18.8. The van der Waals surface area contributed by atoms with Gasteiger partial charge in [-0.05, 0) is 48.8 Å². The summed E-state index contributed by atoms with van der Waals surface area (Å²) in [5.41, 5.74) is 1.57. The molecule has 0 heterocycles. The van der Waals surface area contributed by atoms with Crippen LogP contribution in [0, 0.1) is 22.0 Å². The number of benzene rings is 1. The Hall–Kier alpha value is -3.04. The van der Waals surface area contributed by atoms with Crippen molar-refractivity contribution in [2.45, 2.75) is 103 Å². The monoisotopic (exact) mass is 544 g/mol. The van der Waals surface area contributed by atoms with Gasteiger partial charge in [-0.1, -0.05) is 75.1 Å². The first kappa shape index (κ1) is 32.2. The number of nitrogens with one attached hydrogen (secondary N) is 1. The van der Waals surface area contributed by atoms with Crippen molar-refractivity contribution >= 4 is 11.7 Å². The van der Waals surface area contributed by atoms with Crippen LogP contribution in [0.15, 0.2) is 48.6 Å². The molecule has 3 N–H and O–H groups in total. The SMILES string of the molecule is CCCCCCCC(=O)/C=C/[C@@H]1[C@@H](C/C=C\CCCC(=O)NCc2ccc(CO[N+](=O)[O-])cc2)[C@@H](O)C[C@H]1O. The Bertz CT molecular complexity index is 945. The zero-order valence-corrected chi connectivity index (χ0v) is 23.0. The highest BCUT2D eigenvalue weighted by Gasteiger charge is 2.39. The molecular formula is C30H44N2O7. The van der Waals surface area contributed by atoms with Crippen LogP contribution in [0.2, 0.25) is 0 Å². The molecule has 1 aliphatic rings. The maximum atomic E-state index is 12.2. The lowest BCUT2D eigenvalue weighted by molar-refractivity contribution is -0.763. The molecule has 9 heteroatoms. The number of carbonyl (C=O) groups excluding carboxylic acids is 2. The highest BCUT2D eigenvalue weighted by molar-refractivity contribution is 5.89. The van der Waals surface area contributed by atoms with Gasteiger partial charge in [-0.15, -0.1) is 10.1 Å². The summed E-state index contributed by atoms with van der Waals surface area (Å²) in [5.74, 6) is -0.356. The topological polar surface area (TPSA) is 139 Å². The highest BCUT2D eigenvalue weighted by atomic mass is 16.9. The summed E-state index contributed by atoms with van der Waals surface area (Å²) in [5, 5.41) is 33.1. The number of aliphatic hydroxyl groups excluding tert-OH is 2. The van der Waals surface area contributed by atoms with E-state index in [1.54, 1.807) is 36.4 Å².